The van der Waals surface area contributed by atoms with Crippen LogP contribution in [0.1, 0.15) is 39.5 Å². The van der Waals surface area contributed by atoms with Crippen LogP contribution in [-0.4, -0.2) is 47.4 Å². The number of aliphatic hydroxyl groups is 1. The molecule has 0 aromatic carbocycles. The number of carbonyl (C=O) groups excluding carboxylic acids is 1. The molecule has 0 heterocycles. The Bertz CT molecular complexity index is 573. The van der Waals surface area contributed by atoms with Crippen molar-refractivity contribution in [2.45, 2.75) is 56.3 Å². The predicted molar refractivity (Wildman–Crippen MR) is 72.3 cm³/mol. The molecule has 1 N–H and O–H groups in total. The van der Waals surface area contributed by atoms with Gasteiger partial charge in [0, 0.05) is 5.92 Å². The lowest BCUT2D eigenvalue weighted by Crippen LogP contribution is -2.47. The minimum absolute atomic E-state index is 0.290. The molecule has 0 aliphatic heterocycles. The van der Waals surface area contributed by atoms with Gasteiger partial charge in [-0.05, 0) is 19.3 Å². The zero-order chi connectivity index (χ0) is 19.0. The van der Waals surface area contributed by atoms with Crippen LogP contribution in [0.3, 0.4) is 0 Å². The first-order valence-electron chi connectivity index (χ1n) is 7.33. The van der Waals surface area contributed by atoms with Crippen LogP contribution < -0.4 is 0 Å². The third-order valence-electron chi connectivity index (χ3n) is 4.41. The molecule has 6 nitrogen and oxygen atoms in total. The number of ether oxygens (including phenoxy) is 1. The molecule has 0 aromatic rings. The highest BCUT2D eigenvalue weighted by Crippen LogP contribution is 2.50. The van der Waals surface area contributed by atoms with Gasteiger partial charge in [-0.25, -0.2) is 8.42 Å². The highest BCUT2D eigenvalue weighted by molar-refractivity contribution is 7.86. The zero-order valence-corrected chi connectivity index (χ0v) is 13.9. The molecule has 0 radical (unpaired) electrons. The van der Waals surface area contributed by atoms with Crippen LogP contribution >= 0.6 is 0 Å². The van der Waals surface area contributed by atoms with E-state index in [1.165, 1.54) is 0 Å². The second-order valence-electron chi connectivity index (χ2n) is 5.85. The minimum atomic E-state index is -6.56. The van der Waals surface area contributed by atoms with E-state index in [1.807, 2.05) is 0 Å². The first-order valence-corrected chi connectivity index (χ1v) is 8.74. The second-order valence-corrected chi connectivity index (χ2v) is 7.27. The molecule has 2 atom stereocenters. The fraction of sp³-hybridized carbons (Fsp3) is 0.923. The summed E-state index contributed by atoms with van der Waals surface area (Å²) in [6.07, 6.45) is -0.762. The van der Waals surface area contributed by atoms with Crippen molar-refractivity contribution >= 4 is 16.1 Å². The molecule has 0 saturated heterocycles. The summed E-state index contributed by atoms with van der Waals surface area (Å²) in [5.41, 5.74) is -1.09. The summed E-state index contributed by atoms with van der Waals surface area (Å²) in [5, 5.41) is 4.42. The lowest BCUT2D eigenvalue weighted by molar-refractivity contribution is -0.175. The summed E-state index contributed by atoms with van der Waals surface area (Å²) in [6.45, 7) is 2.27. The van der Waals surface area contributed by atoms with Crippen LogP contribution in [-0.2, 0) is 19.6 Å². The third kappa shape index (κ3) is 3.99. The molecule has 1 rings (SSSR count). The van der Waals surface area contributed by atoms with Crippen molar-refractivity contribution < 1.29 is 45.2 Å². The highest BCUT2D eigenvalue weighted by Gasteiger charge is 2.61. The molecule has 2 unspecified atom stereocenters. The van der Waals surface area contributed by atoms with E-state index in [0.717, 1.165) is 0 Å². The molecule has 1 fully saturated rings. The van der Waals surface area contributed by atoms with Gasteiger partial charge in [-0.3, -0.25) is 4.79 Å². The van der Waals surface area contributed by atoms with Crippen molar-refractivity contribution in [1.82, 2.24) is 0 Å². The summed E-state index contributed by atoms with van der Waals surface area (Å²) >= 11 is 0. The fourth-order valence-electron chi connectivity index (χ4n) is 2.54. The van der Waals surface area contributed by atoms with Crippen molar-refractivity contribution in [2.75, 3.05) is 6.61 Å². The number of alkyl halides is 4. The largest absolute Gasteiger partial charge is 0.743 e. The standard InChI is InChI=1S/C13H20F4O6S/c1-3-11(19,4-2)9-7-8(9)10(18)23-6-5-12(14,15)13(16,17)24(20,21)22/h8-9,19H,3-7H2,1-2H3,(H,20,21,22)/p-1. The Morgan fingerprint density at radius 1 is 1.25 bits per heavy atom. The predicted octanol–water partition coefficient (Wildman–Crippen LogP) is 1.88. The van der Waals surface area contributed by atoms with E-state index >= 15 is 0 Å². The lowest BCUT2D eigenvalue weighted by atomic mass is 9.90. The topological polar surface area (TPSA) is 104 Å². The van der Waals surface area contributed by atoms with Gasteiger partial charge in [-0.2, -0.15) is 17.6 Å². The Balaban J connectivity index is 2.56. The van der Waals surface area contributed by atoms with Gasteiger partial charge in [-0.15, -0.1) is 0 Å². The average molecular weight is 379 g/mol. The molecule has 0 bridgehead atoms. The van der Waals surface area contributed by atoms with E-state index < -0.39 is 57.7 Å². The monoisotopic (exact) mass is 379 g/mol. The molecule has 0 amide bonds. The molecule has 1 aliphatic rings. The van der Waals surface area contributed by atoms with Crippen molar-refractivity contribution in [1.29, 1.82) is 0 Å². The van der Waals surface area contributed by atoms with Gasteiger partial charge < -0.3 is 14.4 Å². The summed E-state index contributed by atoms with van der Waals surface area (Å²) in [5.74, 6) is -7.20. The van der Waals surface area contributed by atoms with Crippen LogP contribution in [0.15, 0.2) is 0 Å². The van der Waals surface area contributed by atoms with E-state index in [1.54, 1.807) is 13.8 Å². The molecule has 0 spiro atoms. The Morgan fingerprint density at radius 3 is 2.17 bits per heavy atom. The number of esters is 1. The maximum Gasteiger partial charge on any atom is 0.396 e. The van der Waals surface area contributed by atoms with Gasteiger partial charge in [0.25, 0.3) is 0 Å². The molecule has 1 saturated carbocycles. The molecule has 1 aliphatic carbocycles. The quantitative estimate of drug-likeness (QED) is 0.373. The van der Waals surface area contributed by atoms with Crippen molar-refractivity contribution in [3.05, 3.63) is 0 Å². The van der Waals surface area contributed by atoms with Crippen molar-refractivity contribution in [3.8, 4) is 0 Å². The van der Waals surface area contributed by atoms with Gasteiger partial charge in [0.1, 0.15) is 0 Å². The van der Waals surface area contributed by atoms with Gasteiger partial charge in [-0.1, -0.05) is 13.8 Å². The highest BCUT2D eigenvalue weighted by atomic mass is 32.2. The molecular weight excluding hydrogens is 360 g/mol. The number of carbonyl (C=O) groups is 1. The first-order chi connectivity index (χ1) is 10.7. The Hall–Kier alpha value is -0.940. The van der Waals surface area contributed by atoms with Gasteiger partial charge >= 0.3 is 17.1 Å². The van der Waals surface area contributed by atoms with E-state index in [-0.39, 0.29) is 0 Å². The van der Waals surface area contributed by atoms with Gasteiger partial charge in [0.15, 0.2) is 10.1 Å². The van der Waals surface area contributed by atoms with Crippen molar-refractivity contribution in [2.24, 2.45) is 11.8 Å². The summed E-state index contributed by atoms with van der Waals surface area (Å²) in [6, 6.07) is 0. The Morgan fingerprint density at radius 2 is 1.75 bits per heavy atom. The number of halogens is 4. The Kier molecular flexibility index (Phi) is 5.94. The number of rotatable bonds is 9. The fourth-order valence-corrected chi connectivity index (χ4v) is 3.01. The molecule has 0 aromatic heterocycles. The Labute approximate surface area is 136 Å². The molecule has 142 valence electrons. The van der Waals surface area contributed by atoms with Crippen LogP contribution in [0, 0.1) is 11.8 Å². The minimum Gasteiger partial charge on any atom is -0.743 e. The second kappa shape index (κ2) is 6.75. The number of hydrogen-bond donors (Lipinski definition) is 1. The summed E-state index contributed by atoms with van der Waals surface area (Å²) in [4.78, 5) is 11.7. The van der Waals surface area contributed by atoms with E-state index in [0.29, 0.717) is 19.3 Å². The van der Waals surface area contributed by atoms with Crippen LogP contribution in [0.4, 0.5) is 17.6 Å². The van der Waals surface area contributed by atoms with Crippen LogP contribution in [0.2, 0.25) is 0 Å². The molecule has 11 heteroatoms. The third-order valence-corrected chi connectivity index (χ3v) is 5.33. The summed E-state index contributed by atoms with van der Waals surface area (Å²) in [7, 11) is -6.56. The maximum absolute atomic E-state index is 13.2. The van der Waals surface area contributed by atoms with Crippen LogP contribution in [0.5, 0.6) is 0 Å². The maximum atomic E-state index is 13.2. The van der Waals surface area contributed by atoms with Crippen molar-refractivity contribution in [3.63, 3.8) is 0 Å². The zero-order valence-electron chi connectivity index (χ0n) is 13.1. The smallest absolute Gasteiger partial charge is 0.396 e. The number of hydrogen-bond acceptors (Lipinski definition) is 6. The average Bonchev–Trinajstić information content (AvgIpc) is 3.25. The van der Waals surface area contributed by atoms with Gasteiger partial charge in [0.05, 0.1) is 24.5 Å². The van der Waals surface area contributed by atoms with E-state index in [9.17, 15) is 40.4 Å². The molecular formula is C13H19F4O6S-. The van der Waals surface area contributed by atoms with E-state index in [2.05, 4.69) is 4.74 Å². The first kappa shape index (κ1) is 21.1. The SMILES string of the molecule is CCC(O)(CC)C1CC1C(=O)OCCC(F)(F)C(F)(F)S(=O)(=O)[O-]. The van der Waals surface area contributed by atoms with Crippen LogP contribution in [0.25, 0.3) is 0 Å². The summed E-state index contributed by atoms with van der Waals surface area (Å²) < 4.78 is 87.2. The van der Waals surface area contributed by atoms with Gasteiger partial charge in [0.2, 0.25) is 0 Å². The normalized spacial score (nSPS) is 22.3. The lowest BCUT2D eigenvalue weighted by Gasteiger charge is -2.28. The molecule has 24 heavy (non-hydrogen) atoms. The van der Waals surface area contributed by atoms with E-state index in [4.69, 9.17) is 0 Å².